The summed E-state index contributed by atoms with van der Waals surface area (Å²) in [6.45, 7) is 3.03. The summed E-state index contributed by atoms with van der Waals surface area (Å²) in [5, 5.41) is 3.42. The quantitative estimate of drug-likeness (QED) is 0.863. The molecule has 6 heteroatoms. The molecule has 1 fully saturated rings. The molecule has 26 heavy (non-hydrogen) atoms. The van der Waals surface area contributed by atoms with Gasteiger partial charge in [0.25, 0.3) is 5.91 Å². The molecule has 1 aromatic heterocycles. The second-order valence-electron chi connectivity index (χ2n) is 6.64. The summed E-state index contributed by atoms with van der Waals surface area (Å²) in [5.74, 6) is 0.0599. The third kappa shape index (κ3) is 4.86. The summed E-state index contributed by atoms with van der Waals surface area (Å²) in [5.41, 5.74) is 2.72. The van der Waals surface area contributed by atoms with Crippen LogP contribution in [0, 0.1) is 0 Å². The van der Waals surface area contributed by atoms with E-state index in [-0.39, 0.29) is 11.9 Å². The molecule has 0 saturated carbocycles. The maximum Gasteiger partial charge on any atom is 0.254 e. The minimum Gasteiger partial charge on any atom is -0.380 e. The van der Waals surface area contributed by atoms with Crippen LogP contribution in [-0.4, -0.2) is 47.0 Å². The van der Waals surface area contributed by atoms with Gasteiger partial charge in [-0.25, -0.2) is 9.97 Å². The van der Waals surface area contributed by atoms with Gasteiger partial charge >= 0.3 is 0 Å². The number of amides is 1. The first-order valence-electron chi connectivity index (χ1n) is 9.11. The van der Waals surface area contributed by atoms with Crippen molar-refractivity contribution in [3.05, 3.63) is 59.7 Å². The smallest absolute Gasteiger partial charge is 0.254 e. The van der Waals surface area contributed by atoms with Crippen molar-refractivity contribution >= 4 is 5.91 Å². The lowest BCUT2D eigenvalue weighted by Gasteiger charge is -2.31. The largest absolute Gasteiger partial charge is 0.380 e. The van der Waals surface area contributed by atoms with Gasteiger partial charge in [0, 0.05) is 43.2 Å². The number of carbonyl (C=O) groups is 1. The van der Waals surface area contributed by atoms with E-state index in [0.717, 1.165) is 43.5 Å². The van der Waals surface area contributed by atoms with E-state index in [4.69, 9.17) is 4.74 Å². The van der Waals surface area contributed by atoms with Crippen molar-refractivity contribution in [3.8, 4) is 0 Å². The summed E-state index contributed by atoms with van der Waals surface area (Å²) in [6.07, 6.45) is 8.12. The molecule has 0 bridgehead atoms. The normalized spacial score (nSPS) is 17.5. The van der Waals surface area contributed by atoms with Gasteiger partial charge in [-0.2, -0.15) is 0 Å². The molecule has 0 unspecified atom stereocenters. The van der Waals surface area contributed by atoms with Gasteiger partial charge in [-0.15, -0.1) is 0 Å². The van der Waals surface area contributed by atoms with Gasteiger partial charge in [-0.05, 0) is 50.0 Å². The molecule has 1 aliphatic heterocycles. The molecule has 1 aromatic carbocycles. The Hall–Kier alpha value is -2.31. The van der Waals surface area contributed by atoms with Crippen LogP contribution in [0.5, 0.6) is 0 Å². The minimum absolute atomic E-state index is 0.0599. The van der Waals surface area contributed by atoms with Gasteiger partial charge in [0.1, 0.15) is 6.33 Å². The van der Waals surface area contributed by atoms with Crippen LogP contribution >= 0.6 is 0 Å². The first-order chi connectivity index (χ1) is 12.8. The Balaban J connectivity index is 1.81. The van der Waals surface area contributed by atoms with Gasteiger partial charge < -0.3 is 15.0 Å². The van der Waals surface area contributed by atoms with E-state index in [2.05, 4.69) is 15.3 Å². The van der Waals surface area contributed by atoms with Gasteiger partial charge in [-0.3, -0.25) is 4.79 Å². The maximum atomic E-state index is 13.3. The van der Waals surface area contributed by atoms with Crippen LogP contribution in [-0.2, 0) is 17.9 Å². The van der Waals surface area contributed by atoms with E-state index >= 15 is 0 Å². The van der Waals surface area contributed by atoms with E-state index in [1.807, 2.05) is 29.2 Å². The van der Waals surface area contributed by atoms with Crippen molar-refractivity contribution in [2.75, 3.05) is 20.2 Å². The Labute approximate surface area is 154 Å². The highest BCUT2D eigenvalue weighted by molar-refractivity contribution is 5.94. The Morgan fingerprint density at radius 1 is 1.15 bits per heavy atom. The lowest BCUT2D eigenvalue weighted by molar-refractivity contribution is 0.0645. The highest BCUT2D eigenvalue weighted by Gasteiger charge is 2.26. The number of methoxy groups -OCH3 is 1. The van der Waals surface area contributed by atoms with Crippen molar-refractivity contribution in [2.45, 2.75) is 38.5 Å². The van der Waals surface area contributed by atoms with Crippen LogP contribution in [0.1, 0.15) is 40.7 Å². The summed E-state index contributed by atoms with van der Waals surface area (Å²) in [6, 6.07) is 7.90. The fraction of sp³-hybridized carbons (Fsp3) is 0.450. The minimum atomic E-state index is 0.0599. The van der Waals surface area contributed by atoms with Gasteiger partial charge in [0.15, 0.2) is 0 Å². The van der Waals surface area contributed by atoms with Crippen LogP contribution in [0.2, 0.25) is 0 Å². The summed E-state index contributed by atoms with van der Waals surface area (Å²) in [7, 11) is 1.67. The third-order valence-corrected chi connectivity index (χ3v) is 4.73. The van der Waals surface area contributed by atoms with Gasteiger partial charge in [0.05, 0.1) is 6.61 Å². The van der Waals surface area contributed by atoms with Crippen LogP contribution in [0.15, 0.2) is 43.0 Å². The van der Waals surface area contributed by atoms with Crippen LogP contribution in [0.3, 0.4) is 0 Å². The number of benzene rings is 1. The zero-order chi connectivity index (χ0) is 18.2. The fourth-order valence-electron chi connectivity index (χ4n) is 3.36. The van der Waals surface area contributed by atoms with Crippen LogP contribution in [0.25, 0.3) is 0 Å². The topological polar surface area (TPSA) is 67.3 Å². The van der Waals surface area contributed by atoms with Crippen LogP contribution in [0.4, 0.5) is 0 Å². The highest BCUT2D eigenvalue weighted by Crippen LogP contribution is 2.20. The predicted octanol–water partition coefficient (Wildman–Crippen LogP) is 2.41. The number of nitrogens with one attached hydrogen (secondary N) is 1. The first-order valence-corrected chi connectivity index (χ1v) is 9.11. The molecular weight excluding hydrogens is 328 g/mol. The average molecular weight is 354 g/mol. The van der Waals surface area contributed by atoms with Crippen molar-refractivity contribution in [2.24, 2.45) is 0 Å². The van der Waals surface area contributed by atoms with Gasteiger partial charge in [0.2, 0.25) is 0 Å². The summed E-state index contributed by atoms with van der Waals surface area (Å²) >= 11 is 0. The molecule has 2 heterocycles. The van der Waals surface area contributed by atoms with E-state index in [1.54, 1.807) is 19.5 Å². The number of aromatic nitrogens is 2. The Bertz CT molecular complexity index is 683. The number of hydrogen-bond donors (Lipinski definition) is 1. The van der Waals surface area contributed by atoms with Crippen molar-refractivity contribution in [3.63, 3.8) is 0 Å². The standard InChI is InChI=1S/C20H26N4O2/c1-26-14-16-4-6-18(7-5-16)20(25)24(13-17-11-22-15-23-12-17)19-3-2-9-21-10-8-19/h4-7,11-12,15,19,21H,2-3,8-10,13-14H2,1H3/t19-/m0/s1. The summed E-state index contributed by atoms with van der Waals surface area (Å²) < 4.78 is 5.15. The number of rotatable bonds is 6. The molecule has 6 nitrogen and oxygen atoms in total. The molecule has 1 saturated heterocycles. The van der Waals surface area contributed by atoms with E-state index in [1.165, 1.54) is 6.33 Å². The zero-order valence-electron chi connectivity index (χ0n) is 15.2. The molecule has 2 aromatic rings. The number of ether oxygens (including phenoxy) is 1. The number of carbonyl (C=O) groups excluding carboxylic acids is 1. The molecule has 1 aliphatic rings. The summed E-state index contributed by atoms with van der Waals surface area (Å²) in [4.78, 5) is 23.4. The van der Waals surface area contributed by atoms with E-state index in [9.17, 15) is 4.79 Å². The number of nitrogens with zero attached hydrogens (tertiary/aromatic N) is 3. The Morgan fingerprint density at radius 2 is 1.92 bits per heavy atom. The molecule has 3 rings (SSSR count). The number of hydrogen-bond acceptors (Lipinski definition) is 5. The first kappa shape index (κ1) is 18.5. The maximum absolute atomic E-state index is 13.3. The zero-order valence-corrected chi connectivity index (χ0v) is 15.2. The monoisotopic (exact) mass is 354 g/mol. The second-order valence-corrected chi connectivity index (χ2v) is 6.64. The Kier molecular flexibility index (Phi) is 6.68. The average Bonchev–Trinajstić information content (AvgIpc) is 2.97. The van der Waals surface area contributed by atoms with Crippen molar-refractivity contribution in [1.82, 2.24) is 20.2 Å². The molecule has 1 N–H and O–H groups in total. The second kappa shape index (κ2) is 9.40. The lowest BCUT2D eigenvalue weighted by Crippen LogP contribution is -2.40. The highest BCUT2D eigenvalue weighted by atomic mass is 16.5. The molecule has 0 spiro atoms. The van der Waals surface area contributed by atoms with E-state index in [0.29, 0.717) is 18.7 Å². The van der Waals surface area contributed by atoms with Crippen molar-refractivity contribution in [1.29, 1.82) is 0 Å². The van der Waals surface area contributed by atoms with Crippen LogP contribution < -0.4 is 5.32 Å². The predicted molar refractivity (Wildman–Crippen MR) is 99.6 cm³/mol. The molecule has 0 radical (unpaired) electrons. The third-order valence-electron chi connectivity index (χ3n) is 4.73. The fourth-order valence-corrected chi connectivity index (χ4v) is 3.36. The molecular formula is C20H26N4O2. The SMILES string of the molecule is COCc1ccc(C(=O)N(Cc2cncnc2)[C@H]2CCCNCC2)cc1. The lowest BCUT2D eigenvalue weighted by atomic mass is 10.0. The molecule has 138 valence electrons. The van der Waals surface area contributed by atoms with Crippen molar-refractivity contribution < 1.29 is 9.53 Å². The van der Waals surface area contributed by atoms with E-state index < -0.39 is 0 Å². The molecule has 0 aliphatic carbocycles. The van der Waals surface area contributed by atoms with Gasteiger partial charge in [-0.1, -0.05) is 12.1 Å². The molecule has 1 amide bonds. The Morgan fingerprint density at radius 3 is 2.65 bits per heavy atom. The molecule has 1 atom stereocenters.